The van der Waals surface area contributed by atoms with Gasteiger partial charge in [0.25, 0.3) is 0 Å². The summed E-state index contributed by atoms with van der Waals surface area (Å²) in [5.41, 5.74) is 19.3. The zero-order valence-electron chi connectivity index (χ0n) is 47.9. The third kappa shape index (κ3) is 6.41. The third-order valence-electron chi connectivity index (χ3n) is 15.2. The van der Waals surface area contributed by atoms with Crippen molar-refractivity contribution >= 4 is 11.0 Å². The van der Waals surface area contributed by atoms with Crippen LogP contribution in [0.4, 0.5) is 0 Å². The topological polar surface area (TPSA) is 21.9 Å². The second-order valence-electron chi connectivity index (χ2n) is 24.0. The summed E-state index contributed by atoms with van der Waals surface area (Å²) in [5, 5.41) is 0. The summed E-state index contributed by atoms with van der Waals surface area (Å²) in [6.45, 7) is 29.4. The molecule has 4 heteroatoms. The Bertz CT molecular complexity index is 3930. The summed E-state index contributed by atoms with van der Waals surface area (Å²) < 4.78 is 59.5. The fourth-order valence-electron chi connectivity index (χ4n) is 11.3. The number of para-hydroxylation sites is 1. The number of benzene rings is 7. The lowest BCUT2D eigenvalue weighted by Crippen LogP contribution is -2.78. The Balaban J connectivity index is 1.30. The van der Waals surface area contributed by atoms with Gasteiger partial charge < -0.3 is 4.74 Å². The molecule has 5 heterocycles. The minimum absolute atomic E-state index is 0.0224. The minimum atomic E-state index is -1.32. The van der Waals surface area contributed by atoms with E-state index in [1.165, 1.54) is 16.7 Å². The van der Waals surface area contributed by atoms with Crippen molar-refractivity contribution in [2.75, 3.05) is 0 Å². The first kappa shape index (κ1) is 38.8. The van der Waals surface area contributed by atoms with Gasteiger partial charge in [0.15, 0.2) is 23.0 Å². The first-order valence-corrected chi connectivity index (χ1v) is 24.8. The molecule has 9 aromatic rings. The Morgan fingerprint density at radius 1 is 0.514 bits per heavy atom. The van der Waals surface area contributed by atoms with Crippen LogP contribution in [0.3, 0.4) is 0 Å². The molecule has 2 aromatic heterocycles. The number of hydrogen-bond acceptors (Lipinski definition) is 1. The molecule has 0 N–H and O–H groups in total. The van der Waals surface area contributed by atoms with Crippen LogP contribution in [0.2, 0.25) is 0 Å². The summed E-state index contributed by atoms with van der Waals surface area (Å²) in [4.78, 5) is 0. The van der Waals surface area contributed by atoms with E-state index in [1.54, 1.807) is 0 Å². The first-order valence-electron chi connectivity index (χ1n) is 27.3. The molecule has 70 heavy (non-hydrogen) atoms. The van der Waals surface area contributed by atoms with Crippen molar-refractivity contribution in [2.45, 2.75) is 118 Å². The van der Waals surface area contributed by atoms with Crippen molar-refractivity contribution < 1.29 is 20.7 Å². The van der Waals surface area contributed by atoms with Crippen LogP contribution in [0.1, 0.15) is 123 Å². The highest BCUT2D eigenvalue weighted by Crippen LogP contribution is 2.57. The highest BCUT2D eigenvalue weighted by Gasteiger charge is 2.69. The van der Waals surface area contributed by atoms with E-state index in [0.29, 0.717) is 5.56 Å². The van der Waals surface area contributed by atoms with Gasteiger partial charge >= 0.3 is 11.7 Å². The number of aromatic nitrogens is 3. The second kappa shape index (κ2) is 14.7. The molecule has 0 bridgehead atoms. The van der Waals surface area contributed by atoms with E-state index in [4.69, 9.17) is 11.6 Å². The number of rotatable bonds is 4. The molecule has 348 valence electrons. The lowest BCUT2D eigenvalue weighted by Gasteiger charge is -2.36. The molecule has 0 amide bonds. The Kier molecular flexibility index (Phi) is 8.17. The quantitative estimate of drug-likeness (QED) is 0.161. The highest BCUT2D eigenvalue weighted by atomic mass is 16.5. The molecule has 0 fully saturated rings. The van der Waals surface area contributed by atoms with Crippen LogP contribution in [0.15, 0.2) is 158 Å². The molecule has 3 aliphatic heterocycles. The predicted molar refractivity (Wildman–Crippen MR) is 289 cm³/mol. The van der Waals surface area contributed by atoms with Crippen LogP contribution in [-0.2, 0) is 27.5 Å². The Hall–Kier alpha value is -7.04. The molecule has 0 radical (unpaired) electrons. The largest absolute Gasteiger partial charge is 0.499 e. The number of nitrogens with zero attached hydrogens (tertiary/aromatic N) is 3. The van der Waals surface area contributed by atoms with E-state index >= 15 is 0 Å². The lowest BCUT2D eigenvalue weighted by molar-refractivity contribution is -0.997. The van der Waals surface area contributed by atoms with Gasteiger partial charge in [0.2, 0.25) is 5.69 Å². The molecule has 3 aliphatic rings. The van der Waals surface area contributed by atoms with Crippen LogP contribution in [-0.4, -0.2) is 4.57 Å². The average Bonchev–Trinajstić information content (AvgIpc) is 4.05. The molecule has 1 unspecified atom stereocenters. The number of pyridine rings is 1. The monoisotopic (exact) mass is 921 g/mol. The van der Waals surface area contributed by atoms with E-state index in [1.807, 2.05) is 18.3 Å². The first-order chi connectivity index (χ1) is 35.2. The van der Waals surface area contributed by atoms with Crippen molar-refractivity contribution in [3.8, 4) is 78.6 Å². The zero-order valence-corrected chi connectivity index (χ0v) is 42.9. The second-order valence-corrected chi connectivity index (χ2v) is 24.0. The maximum atomic E-state index is 9.12. The van der Waals surface area contributed by atoms with E-state index in [9.17, 15) is 0 Å². The fourth-order valence-corrected chi connectivity index (χ4v) is 11.3. The number of aryl methyl sites for hydroxylation is 1. The van der Waals surface area contributed by atoms with Gasteiger partial charge in [-0.15, -0.1) is 9.13 Å². The maximum absolute atomic E-state index is 9.12. The summed E-state index contributed by atoms with van der Waals surface area (Å²) in [6.07, 6.45) is 2.02. The lowest BCUT2D eigenvalue weighted by atomic mass is 9.78. The van der Waals surface area contributed by atoms with E-state index in [-0.39, 0.29) is 51.4 Å². The van der Waals surface area contributed by atoms with Crippen molar-refractivity contribution in [3.05, 3.63) is 191 Å². The molecular formula is C66H65N3O+2. The summed E-state index contributed by atoms with van der Waals surface area (Å²) in [6, 6.07) is 43.0. The SMILES string of the molecule is [2H]c1c([2H])c([2H])c(-c2cc[n+]3c(c2)-c2cc(C(C)(C)C)cc4c2C32Oc3c(cc(C(C)(C)C)cc3C(C)(C)C)-c3n(-c5cc(-c6ccccc6)c(C)cc5-c5ccc(C(C)(C)C)cc5)c5cccc-4c5[n+]32)c([2H])c1[2H]. The van der Waals surface area contributed by atoms with E-state index in [2.05, 4.69) is 213 Å². The average molecular weight is 921 g/mol. The van der Waals surface area contributed by atoms with Crippen LogP contribution in [0, 0.1) is 6.92 Å². The van der Waals surface area contributed by atoms with Crippen LogP contribution in [0.25, 0.3) is 83.9 Å². The van der Waals surface area contributed by atoms with Gasteiger partial charge in [0.1, 0.15) is 16.8 Å². The standard InChI is InChI=1S/C66H65N3O/c1-40-33-50(43-27-29-45(30-28-43)62(2,3)4)57(39-49(40)42-23-18-15-19-24-42)68-55-26-20-25-48-51-35-46(63(5,6)7)36-52-56-34-44(41-21-16-14-17-22-41)31-32-67(56)66(58(51)52)69(59(48)55)61(68)53-37-47(64(8,9)10)38-54(60(53)70-66)65(11,12)13/h14-39H,1-13H3/q+2/i14D,16D,17D,21D,22D. The van der Waals surface area contributed by atoms with Crippen molar-refractivity contribution in [2.24, 2.45) is 0 Å². The van der Waals surface area contributed by atoms with Crippen LogP contribution in [0.5, 0.6) is 5.75 Å². The molecule has 1 spiro atoms. The smallest absolute Gasteiger partial charge is 0.392 e. The van der Waals surface area contributed by atoms with Crippen molar-refractivity contribution in [3.63, 3.8) is 0 Å². The summed E-state index contributed by atoms with van der Waals surface area (Å²) in [5.74, 6) is 0.471. The Labute approximate surface area is 421 Å². The molecular weight excluding hydrogens is 851 g/mol. The number of hydrogen-bond donors (Lipinski definition) is 0. The Morgan fingerprint density at radius 2 is 1.16 bits per heavy atom. The molecule has 0 aliphatic carbocycles. The fraction of sp³-hybridized carbons (Fsp3) is 0.273. The van der Waals surface area contributed by atoms with Gasteiger partial charge in [-0.3, -0.25) is 0 Å². The van der Waals surface area contributed by atoms with Gasteiger partial charge in [-0.25, -0.2) is 0 Å². The van der Waals surface area contributed by atoms with Gasteiger partial charge in [-0.2, -0.15) is 4.57 Å². The highest BCUT2D eigenvalue weighted by molar-refractivity contribution is 5.99. The number of imidazole rings is 1. The van der Waals surface area contributed by atoms with Crippen molar-refractivity contribution in [1.82, 2.24) is 4.57 Å². The minimum Gasteiger partial charge on any atom is -0.392 e. The van der Waals surface area contributed by atoms with E-state index < -0.39 is 11.9 Å². The molecule has 7 aromatic carbocycles. The maximum Gasteiger partial charge on any atom is 0.499 e. The van der Waals surface area contributed by atoms with Crippen LogP contribution < -0.4 is 13.9 Å². The van der Waals surface area contributed by atoms with Crippen molar-refractivity contribution in [1.29, 1.82) is 0 Å². The third-order valence-corrected chi connectivity index (χ3v) is 15.2. The van der Waals surface area contributed by atoms with Gasteiger partial charge in [0.05, 0.1) is 12.4 Å². The molecule has 0 saturated heterocycles. The number of fused-ring (bicyclic) bond motifs is 5. The Morgan fingerprint density at radius 3 is 1.83 bits per heavy atom. The van der Waals surface area contributed by atoms with Crippen LogP contribution >= 0.6 is 0 Å². The zero-order chi connectivity index (χ0) is 53.4. The van der Waals surface area contributed by atoms with Gasteiger partial charge in [-0.05, 0) is 121 Å². The molecule has 4 nitrogen and oxygen atoms in total. The van der Waals surface area contributed by atoms with Gasteiger partial charge in [-0.1, -0.05) is 180 Å². The normalized spacial score (nSPS) is 16.7. The molecule has 12 rings (SSSR count). The van der Waals surface area contributed by atoms with Gasteiger partial charge in [0, 0.05) is 34.4 Å². The van der Waals surface area contributed by atoms with E-state index in [0.717, 1.165) is 95.2 Å². The molecule has 0 saturated carbocycles. The predicted octanol–water partition coefficient (Wildman–Crippen LogP) is 15.9. The number of ether oxygens (including phenoxy) is 1. The summed E-state index contributed by atoms with van der Waals surface area (Å²) in [7, 11) is 0. The summed E-state index contributed by atoms with van der Waals surface area (Å²) >= 11 is 0. The molecule has 1 atom stereocenters.